The summed E-state index contributed by atoms with van der Waals surface area (Å²) in [5, 5.41) is 13.3. The van der Waals surface area contributed by atoms with Gasteiger partial charge in [0.15, 0.2) is 4.88 Å². The van der Waals surface area contributed by atoms with Gasteiger partial charge in [-0.15, -0.1) is 11.3 Å². The largest absolute Gasteiger partial charge is 0.511 e. The van der Waals surface area contributed by atoms with Crippen molar-refractivity contribution in [3.63, 3.8) is 0 Å². The molecule has 4 rings (SSSR count). The van der Waals surface area contributed by atoms with E-state index in [1.807, 2.05) is 0 Å². The van der Waals surface area contributed by atoms with E-state index in [-0.39, 0.29) is 23.5 Å². The third kappa shape index (κ3) is 6.64. The highest BCUT2D eigenvalue weighted by atomic mass is 32.1. The van der Waals surface area contributed by atoms with Gasteiger partial charge in [-0.25, -0.2) is 23.9 Å². The molecule has 0 aliphatic heterocycles. The number of rotatable bonds is 12. The van der Waals surface area contributed by atoms with E-state index in [0.29, 0.717) is 52.1 Å². The Labute approximate surface area is 238 Å². The van der Waals surface area contributed by atoms with Crippen LogP contribution in [0.4, 0.5) is 15.0 Å². The standard InChI is InChI=1S/C27H26FN5O7S/c1-4-37-21-12-22(41-25(21)26(34)39-15-40-27(35)38-5-2)19-11-23(32-14-31-19)30-8-9-33-16(13-29)10-17-20(36-3)7-6-18(28)24(17)33/h6-7,10-12,14H,4-5,8-9,15H2,1-3H3,(H,30,31,32). The molecule has 1 aromatic carbocycles. The Hall–Kier alpha value is -4.90. The number of nitrogens with zero attached hydrogens (tertiary/aromatic N) is 4. The fourth-order valence-electron chi connectivity index (χ4n) is 3.96. The third-order valence-corrected chi connectivity index (χ3v) is 6.80. The van der Waals surface area contributed by atoms with Crippen molar-refractivity contribution in [2.75, 3.05) is 39.0 Å². The number of nitriles is 1. The molecule has 14 heteroatoms. The van der Waals surface area contributed by atoms with Crippen LogP contribution in [0.15, 0.2) is 36.7 Å². The van der Waals surface area contributed by atoms with Crippen molar-refractivity contribution >= 4 is 40.2 Å². The van der Waals surface area contributed by atoms with Gasteiger partial charge in [0.05, 0.1) is 36.4 Å². The number of aromatic nitrogens is 3. The quantitative estimate of drug-likeness (QED) is 0.178. The number of carbonyl (C=O) groups excluding carboxylic acids is 2. The van der Waals surface area contributed by atoms with Crippen LogP contribution in [0.3, 0.4) is 0 Å². The maximum absolute atomic E-state index is 14.7. The first-order valence-electron chi connectivity index (χ1n) is 12.5. The van der Waals surface area contributed by atoms with Crippen LogP contribution in [0, 0.1) is 17.1 Å². The average Bonchev–Trinajstić information content (AvgIpc) is 3.56. The van der Waals surface area contributed by atoms with Gasteiger partial charge in [0.25, 0.3) is 0 Å². The molecule has 3 heterocycles. The second-order valence-electron chi connectivity index (χ2n) is 8.13. The van der Waals surface area contributed by atoms with Gasteiger partial charge in [0.2, 0.25) is 6.79 Å². The zero-order chi connectivity index (χ0) is 29.4. The van der Waals surface area contributed by atoms with E-state index in [0.717, 1.165) is 11.3 Å². The molecule has 0 atom stereocenters. The Morgan fingerprint density at radius 3 is 2.66 bits per heavy atom. The predicted octanol–water partition coefficient (Wildman–Crippen LogP) is 4.98. The average molecular weight is 584 g/mol. The van der Waals surface area contributed by atoms with E-state index >= 15 is 0 Å². The maximum Gasteiger partial charge on any atom is 0.511 e. The van der Waals surface area contributed by atoms with Gasteiger partial charge < -0.3 is 33.6 Å². The van der Waals surface area contributed by atoms with Crippen LogP contribution in [0.25, 0.3) is 21.5 Å². The molecule has 214 valence electrons. The van der Waals surface area contributed by atoms with Gasteiger partial charge in [-0.1, -0.05) is 0 Å². The highest BCUT2D eigenvalue weighted by Gasteiger charge is 2.21. The molecular weight excluding hydrogens is 557 g/mol. The van der Waals surface area contributed by atoms with E-state index < -0.39 is 24.7 Å². The smallest absolute Gasteiger partial charge is 0.496 e. The summed E-state index contributed by atoms with van der Waals surface area (Å²) in [6.07, 6.45) is 0.413. The molecule has 3 aromatic heterocycles. The summed E-state index contributed by atoms with van der Waals surface area (Å²) in [6.45, 7) is 3.80. The second kappa shape index (κ2) is 13.4. The SMILES string of the molecule is CCOC(=O)OCOC(=O)c1sc(-c2cc(NCCn3c(C#N)cc4c(OC)ccc(F)c43)ncn2)cc1OCC. The van der Waals surface area contributed by atoms with Crippen molar-refractivity contribution in [3.8, 4) is 28.1 Å². The van der Waals surface area contributed by atoms with Crippen LogP contribution in [-0.4, -0.2) is 60.3 Å². The number of benzene rings is 1. The molecule has 0 amide bonds. The van der Waals surface area contributed by atoms with Crippen molar-refractivity contribution < 1.29 is 37.7 Å². The molecule has 1 N–H and O–H groups in total. The summed E-state index contributed by atoms with van der Waals surface area (Å²) < 4.78 is 41.5. The van der Waals surface area contributed by atoms with Crippen molar-refractivity contribution in [2.45, 2.75) is 20.4 Å². The molecule has 0 saturated heterocycles. The lowest BCUT2D eigenvalue weighted by Crippen LogP contribution is -2.13. The molecule has 0 bridgehead atoms. The zero-order valence-electron chi connectivity index (χ0n) is 22.4. The number of thiophene rings is 1. The Kier molecular flexibility index (Phi) is 9.54. The van der Waals surface area contributed by atoms with Gasteiger partial charge in [0.1, 0.15) is 41.2 Å². The van der Waals surface area contributed by atoms with Crippen molar-refractivity contribution in [3.05, 3.63) is 53.0 Å². The van der Waals surface area contributed by atoms with Gasteiger partial charge in [-0.05, 0) is 32.0 Å². The fraction of sp³-hybridized carbons (Fsp3) is 0.296. The van der Waals surface area contributed by atoms with Crippen LogP contribution in [0.2, 0.25) is 0 Å². The molecule has 0 aliphatic rings. The maximum atomic E-state index is 14.7. The Bertz CT molecular complexity index is 1600. The lowest BCUT2D eigenvalue weighted by Gasteiger charge is -2.11. The van der Waals surface area contributed by atoms with Crippen molar-refractivity contribution in [1.82, 2.24) is 14.5 Å². The topological polar surface area (TPSA) is 147 Å². The van der Waals surface area contributed by atoms with Crippen molar-refractivity contribution in [2.24, 2.45) is 0 Å². The van der Waals surface area contributed by atoms with Crippen LogP contribution in [-0.2, 0) is 20.8 Å². The Morgan fingerprint density at radius 2 is 1.93 bits per heavy atom. The number of hydrogen-bond donors (Lipinski definition) is 1. The van der Waals surface area contributed by atoms with Gasteiger partial charge in [-0.3, -0.25) is 0 Å². The number of fused-ring (bicyclic) bond motifs is 1. The number of esters is 1. The molecule has 12 nitrogen and oxygen atoms in total. The third-order valence-electron chi connectivity index (χ3n) is 5.68. The first kappa shape index (κ1) is 29.1. The highest BCUT2D eigenvalue weighted by molar-refractivity contribution is 7.17. The molecule has 0 saturated carbocycles. The fourth-order valence-corrected chi connectivity index (χ4v) is 4.92. The van der Waals surface area contributed by atoms with Crippen LogP contribution < -0.4 is 14.8 Å². The zero-order valence-corrected chi connectivity index (χ0v) is 23.2. The lowest BCUT2D eigenvalue weighted by atomic mass is 10.2. The molecular formula is C27H26FN5O7S. The molecule has 41 heavy (non-hydrogen) atoms. The molecule has 0 unspecified atom stereocenters. The van der Waals surface area contributed by atoms with E-state index in [4.69, 9.17) is 14.2 Å². The van der Waals surface area contributed by atoms with Gasteiger partial charge in [-0.2, -0.15) is 5.26 Å². The predicted molar refractivity (Wildman–Crippen MR) is 147 cm³/mol. The minimum atomic E-state index is -0.947. The van der Waals surface area contributed by atoms with Crippen LogP contribution in [0.5, 0.6) is 11.5 Å². The van der Waals surface area contributed by atoms with E-state index in [9.17, 15) is 19.2 Å². The first-order chi connectivity index (χ1) is 19.9. The number of methoxy groups -OCH3 is 1. The lowest BCUT2D eigenvalue weighted by molar-refractivity contribution is -0.0260. The number of halogens is 1. The molecule has 4 aromatic rings. The van der Waals surface area contributed by atoms with E-state index in [2.05, 4.69) is 30.8 Å². The minimum Gasteiger partial charge on any atom is -0.496 e. The van der Waals surface area contributed by atoms with E-state index in [1.54, 1.807) is 36.6 Å². The molecule has 0 fully saturated rings. The number of carbonyl (C=O) groups is 2. The van der Waals surface area contributed by atoms with Crippen LogP contribution >= 0.6 is 11.3 Å². The number of nitrogens with one attached hydrogen (secondary N) is 1. The van der Waals surface area contributed by atoms with E-state index in [1.165, 1.54) is 25.6 Å². The summed E-state index contributed by atoms with van der Waals surface area (Å²) in [6, 6.07) is 9.86. The van der Waals surface area contributed by atoms with Crippen LogP contribution in [0.1, 0.15) is 29.2 Å². The summed E-state index contributed by atoms with van der Waals surface area (Å²) >= 11 is 1.09. The summed E-state index contributed by atoms with van der Waals surface area (Å²) in [7, 11) is 1.49. The molecule has 0 aliphatic carbocycles. The normalized spacial score (nSPS) is 10.6. The highest BCUT2D eigenvalue weighted by Crippen LogP contribution is 2.36. The Morgan fingerprint density at radius 1 is 1.10 bits per heavy atom. The van der Waals surface area contributed by atoms with Crippen molar-refractivity contribution in [1.29, 1.82) is 5.26 Å². The number of ether oxygens (including phenoxy) is 5. The summed E-state index contributed by atoms with van der Waals surface area (Å²) in [5.74, 6) is 0.0417. The summed E-state index contributed by atoms with van der Waals surface area (Å²) in [5.41, 5.74) is 1.08. The Balaban J connectivity index is 1.48. The number of anilines is 1. The van der Waals surface area contributed by atoms with Gasteiger partial charge >= 0.3 is 12.1 Å². The molecule has 0 spiro atoms. The minimum absolute atomic E-state index is 0.128. The summed E-state index contributed by atoms with van der Waals surface area (Å²) in [4.78, 5) is 33.2. The molecule has 0 radical (unpaired) electrons. The first-order valence-corrected chi connectivity index (χ1v) is 13.3. The second-order valence-corrected chi connectivity index (χ2v) is 9.19. The monoisotopic (exact) mass is 583 g/mol. The number of hydrogen-bond acceptors (Lipinski definition) is 12. The van der Waals surface area contributed by atoms with Gasteiger partial charge in [0, 0.05) is 30.6 Å².